The zero-order chi connectivity index (χ0) is 16.4. The van der Waals surface area contributed by atoms with E-state index in [0.29, 0.717) is 0 Å². The first-order chi connectivity index (χ1) is 11.4. The molecule has 0 radical (unpaired) electrons. The van der Waals surface area contributed by atoms with E-state index >= 15 is 0 Å². The molecular formula is C21H40N2. The van der Waals surface area contributed by atoms with Gasteiger partial charge < -0.3 is 5.32 Å². The molecular weight excluding hydrogens is 280 g/mol. The predicted molar refractivity (Wildman–Crippen MR) is 104 cm³/mol. The first-order valence-corrected chi connectivity index (χ1v) is 10.4. The van der Waals surface area contributed by atoms with Crippen LogP contribution in [0.3, 0.4) is 0 Å². The van der Waals surface area contributed by atoms with Crippen LogP contribution >= 0.6 is 0 Å². The van der Waals surface area contributed by atoms with Crippen molar-refractivity contribution in [3.8, 4) is 0 Å². The second-order valence-electron chi connectivity index (χ2n) is 6.94. The second-order valence-corrected chi connectivity index (χ2v) is 6.94. The molecule has 23 heavy (non-hydrogen) atoms. The summed E-state index contributed by atoms with van der Waals surface area (Å²) in [5.41, 5.74) is 0. The van der Waals surface area contributed by atoms with E-state index < -0.39 is 0 Å². The number of hydrogen-bond donors (Lipinski definition) is 1. The van der Waals surface area contributed by atoms with Gasteiger partial charge in [-0.3, -0.25) is 4.99 Å². The fourth-order valence-corrected chi connectivity index (χ4v) is 3.15. The molecule has 0 aromatic rings. The smallest absolute Gasteiger partial charge is 0.0964 e. The monoisotopic (exact) mass is 320 g/mol. The summed E-state index contributed by atoms with van der Waals surface area (Å²) in [5.74, 6) is 1.25. The Morgan fingerprint density at radius 1 is 0.783 bits per heavy atom. The lowest BCUT2D eigenvalue weighted by atomic mass is 10.1. The van der Waals surface area contributed by atoms with Gasteiger partial charge in [0.2, 0.25) is 0 Å². The van der Waals surface area contributed by atoms with Gasteiger partial charge in [-0.1, -0.05) is 76.9 Å². The molecule has 1 rings (SSSR count). The fourth-order valence-electron chi connectivity index (χ4n) is 3.15. The number of aliphatic imine (C=N–C) groups is 1. The Balaban J connectivity index is 1.71. The highest BCUT2D eigenvalue weighted by Crippen LogP contribution is 2.11. The average Bonchev–Trinajstić information content (AvgIpc) is 3.08. The molecule has 0 saturated heterocycles. The Morgan fingerprint density at radius 2 is 1.35 bits per heavy atom. The zero-order valence-corrected chi connectivity index (χ0v) is 15.6. The number of rotatable bonds is 16. The van der Waals surface area contributed by atoms with Crippen molar-refractivity contribution in [2.24, 2.45) is 4.99 Å². The summed E-state index contributed by atoms with van der Waals surface area (Å²) in [5, 5.41) is 3.35. The Bertz CT molecular complexity index is 307. The maximum Gasteiger partial charge on any atom is 0.0964 e. The van der Waals surface area contributed by atoms with Crippen LogP contribution in [-0.2, 0) is 0 Å². The zero-order valence-electron chi connectivity index (χ0n) is 15.6. The van der Waals surface area contributed by atoms with Crippen LogP contribution in [0.1, 0.15) is 103 Å². The molecule has 1 N–H and O–H groups in total. The van der Waals surface area contributed by atoms with Gasteiger partial charge in [0.05, 0.1) is 12.4 Å². The van der Waals surface area contributed by atoms with Gasteiger partial charge in [0.1, 0.15) is 0 Å². The molecule has 0 atom stereocenters. The van der Waals surface area contributed by atoms with Crippen molar-refractivity contribution in [3.63, 3.8) is 0 Å². The van der Waals surface area contributed by atoms with Gasteiger partial charge in [-0.15, -0.1) is 0 Å². The van der Waals surface area contributed by atoms with Crippen LogP contribution in [0.15, 0.2) is 17.1 Å². The van der Waals surface area contributed by atoms with Gasteiger partial charge in [-0.25, -0.2) is 0 Å². The highest BCUT2D eigenvalue weighted by molar-refractivity contribution is 5.83. The van der Waals surface area contributed by atoms with Crippen molar-refractivity contribution in [1.82, 2.24) is 5.32 Å². The average molecular weight is 321 g/mol. The largest absolute Gasteiger partial charge is 0.372 e. The first kappa shape index (κ1) is 20.3. The molecule has 134 valence electrons. The maximum atomic E-state index is 4.44. The lowest BCUT2D eigenvalue weighted by Gasteiger charge is -2.02. The molecule has 1 aliphatic heterocycles. The van der Waals surface area contributed by atoms with Gasteiger partial charge in [0.15, 0.2) is 0 Å². The van der Waals surface area contributed by atoms with Crippen molar-refractivity contribution < 1.29 is 0 Å². The summed E-state index contributed by atoms with van der Waals surface area (Å²) in [4.78, 5) is 4.44. The number of amidine groups is 1. The third-order valence-corrected chi connectivity index (χ3v) is 4.67. The molecule has 0 unspecified atom stereocenters. The van der Waals surface area contributed by atoms with Crippen LogP contribution in [0.5, 0.6) is 0 Å². The number of nitrogens with zero attached hydrogens (tertiary/aromatic N) is 1. The van der Waals surface area contributed by atoms with Crippen molar-refractivity contribution in [1.29, 1.82) is 0 Å². The Hall–Kier alpha value is -0.790. The summed E-state index contributed by atoms with van der Waals surface area (Å²) in [6.07, 6.45) is 25.3. The second kappa shape index (κ2) is 16.1. The van der Waals surface area contributed by atoms with E-state index in [4.69, 9.17) is 0 Å². The van der Waals surface area contributed by atoms with Gasteiger partial charge in [0, 0.05) is 13.0 Å². The topological polar surface area (TPSA) is 24.4 Å². The van der Waals surface area contributed by atoms with Crippen molar-refractivity contribution in [2.75, 3.05) is 13.1 Å². The quantitative estimate of drug-likeness (QED) is 0.258. The standard InChI is InChI=1S/C21H40N2/c1-2-3-4-5-6-7-8-9-10-11-12-13-14-15-16-17-18-21-22-19-20-23-21/h9-10H,2-8,11-20H2,1H3,(H,22,23)/b10-9-. The van der Waals surface area contributed by atoms with E-state index in [2.05, 4.69) is 29.4 Å². The molecule has 0 aromatic heterocycles. The van der Waals surface area contributed by atoms with Gasteiger partial charge >= 0.3 is 0 Å². The Morgan fingerprint density at radius 3 is 1.91 bits per heavy atom. The molecule has 2 nitrogen and oxygen atoms in total. The minimum atomic E-state index is 0.988. The predicted octanol–water partition coefficient (Wildman–Crippen LogP) is 6.42. The van der Waals surface area contributed by atoms with E-state index in [1.807, 2.05) is 0 Å². The summed E-state index contributed by atoms with van der Waals surface area (Å²) in [6, 6.07) is 0. The SMILES string of the molecule is CCCCCCCC/C=C\CCCCCCCCC1=NCCN1. The summed E-state index contributed by atoms with van der Waals surface area (Å²) < 4.78 is 0. The van der Waals surface area contributed by atoms with Crippen molar-refractivity contribution in [3.05, 3.63) is 12.2 Å². The molecule has 0 spiro atoms. The van der Waals surface area contributed by atoms with Crippen LogP contribution in [-0.4, -0.2) is 18.9 Å². The molecule has 1 heterocycles. The van der Waals surface area contributed by atoms with E-state index in [-0.39, 0.29) is 0 Å². The van der Waals surface area contributed by atoms with E-state index in [9.17, 15) is 0 Å². The number of hydrogen-bond acceptors (Lipinski definition) is 2. The van der Waals surface area contributed by atoms with E-state index in [1.54, 1.807) is 0 Å². The Labute approximate surface area is 145 Å². The van der Waals surface area contributed by atoms with Gasteiger partial charge in [-0.05, 0) is 32.1 Å². The molecule has 0 fully saturated rings. The van der Waals surface area contributed by atoms with Crippen molar-refractivity contribution in [2.45, 2.75) is 103 Å². The highest BCUT2D eigenvalue weighted by Gasteiger charge is 2.03. The molecule has 1 aliphatic rings. The number of unbranched alkanes of at least 4 members (excludes halogenated alkanes) is 12. The highest BCUT2D eigenvalue weighted by atomic mass is 15.1. The van der Waals surface area contributed by atoms with Gasteiger partial charge in [0.25, 0.3) is 0 Å². The third-order valence-electron chi connectivity index (χ3n) is 4.67. The lowest BCUT2D eigenvalue weighted by Crippen LogP contribution is -2.17. The molecule has 0 amide bonds. The van der Waals surface area contributed by atoms with Crippen molar-refractivity contribution >= 4 is 5.84 Å². The van der Waals surface area contributed by atoms with E-state index in [0.717, 1.165) is 13.1 Å². The van der Waals surface area contributed by atoms with Crippen LogP contribution in [0.25, 0.3) is 0 Å². The van der Waals surface area contributed by atoms with Crippen LogP contribution < -0.4 is 5.32 Å². The number of nitrogens with one attached hydrogen (secondary N) is 1. The van der Waals surface area contributed by atoms with Crippen LogP contribution in [0.4, 0.5) is 0 Å². The maximum absolute atomic E-state index is 4.44. The normalized spacial score (nSPS) is 14.4. The van der Waals surface area contributed by atoms with Crippen LogP contribution in [0, 0.1) is 0 Å². The Kier molecular flexibility index (Phi) is 14.2. The fraction of sp³-hybridized carbons (Fsp3) is 0.857. The lowest BCUT2D eigenvalue weighted by molar-refractivity contribution is 0.600. The molecule has 0 aromatic carbocycles. The summed E-state index contributed by atoms with van der Waals surface area (Å²) >= 11 is 0. The molecule has 2 heteroatoms. The first-order valence-electron chi connectivity index (χ1n) is 10.4. The number of allylic oxidation sites excluding steroid dienone is 2. The third kappa shape index (κ3) is 13.4. The molecule has 0 bridgehead atoms. The minimum absolute atomic E-state index is 0.988. The molecule has 0 aliphatic carbocycles. The summed E-state index contributed by atoms with van der Waals surface area (Å²) in [6.45, 7) is 4.33. The molecule has 0 saturated carbocycles. The summed E-state index contributed by atoms with van der Waals surface area (Å²) in [7, 11) is 0. The van der Waals surface area contributed by atoms with Crippen LogP contribution in [0.2, 0.25) is 0 Å². The van der Waals surface area contributed by atoms with Gasteiger partial charge in [-0.2, -0.15) is 0 Å². The minimum Gasteiger partial charge on any atom is -0.372 e. The van der Waals surface area contributed by atoms with E-state index in [1.165, 1.54) is 102 Å².